The molecule has 0 fully saturated rings. The summed E-state index contributed by atoms with van der Waals surface area (Å²) >= 11 is 0. The zero-order valence-electron chi connectivity index (χ0n) is 10.2. The van der Waals surface area contributed by atoms with E-state index in [4.69, 9.17) is 4.55 Å². The van der Waals surface area contributed by atoms with E-state index in [1.54, 1.807) is 0 Å². The van der Waals surface area contributed by atoms with Crippen molar-refractivity contribution in [1.29, 1.82) is 0 Å². The molecular weight excluding hydrogens is 228 g/mol. The molecule has 0 aromatic rings. The number of aliphatic hydroxyl groups excluding tert-OH is 1. The fourth-order valence-electron chi connectivity index (χ4n) is 1.62. The van der Waals surface area contributed by atoms with Crippen molar-refractivity contribution in [2.45, 2.75) is 70.1 Å². The van der Waals surface area contributed by atoms with Gasteiger partial charge in [0.25, 0.3) is 10.1 Å². The topological polar surface area (TPSA) is 74.6 Å². The van der Waals surface area contributed by atoms with Crippen LogP contribution in [0.25, 0.3) is 0 Å². The molecule has 16 heavy (non-hydrogen) atoms. The first-order chi connectivity index (χ1) is 7.38. The lowest BCUT2D eigenvalue weighted by atomic mass is 10.1. The quantitative estimate of drug-likeness (QED) is 0.488. The highest BCUT2D eigenvalue weighted by Gasteiger charge is 2.16. The molecule has 0 aromatic heterocycles. The van der Waals surface area contributed by atoms with Crippen LogP contribution in [0, 0.1) is 0 Å². The fraction of sp³-hybridized carbons (Fsp3) is 1.00. The van der Waals surface area contributed by atoms with Gasteiger partial charge in [0, 0.05) is 0 Å². The molecule has 4 nitrogen and oxygen atoms in total. The molecule has 0 aliphatic rings. The van der Waals surface area contributed by atoms with Gasteiger partial charge in [-0.05, 0) is 26.2 Å². The summed E-state index contributed by atoms with van der Waals surface area (Å²) in [6, 6.07) is 0. The summed E-state index contributed by atoms with van der Waals surface area (Å²) < 4.78 is 30.1. The van der Waals surface area contributed by atoms with Gasteiger partial charge >= 0.3 is 0 Å². The summed E-state index contributed by atoms with van der Waals surface area (Å²) in [5.41, 5.74) is 0. The molecule has 0 amide bonds. The van der Waals surface area contributed by atoms with Gasteiger partial charge in [-0.2, -0.15) is 8.42 Å². The summed E-state index contributed by atoms with van der Waals surface area (Å²) in [6.07, 6.45) is 5.47. The van der Waals surface area contributed by atoms with Crippen LogP contribution in [0.5, 0.6) is 0 Å². The van der Waals surface area contributed by atoms with Crippen LogP contribution in [0.2, 0.25) is 0 Å². The third kappa shape index (κ3) is 8.07. The molecule has 2 atom stereocenters. The molecule has 5 heteroatoms. The van der Waals surface area contributed by atoms with Crippen LogP contribution in [-0.4, -0.2) is 29.4 Å². The van der Waals surface area contributed by atoms with Crippen LogP contribution in [0.3, 0.4) is 0 Å². The smallest absolute Gasteiger partial charge is 0.267 e. The third-order valence-electron chi connectivity index (χ3n) is 2.78. The lowest BCUT2D eigenvalue weighted by Gasteiger charge is -2.10. The number of hydrogen-bond donors (Lipinski definition) is 2. The van der Waals surface area contributed by atoms with E-state index in [0.29, 0.717) is 6.42 Å². The predicted molar refractivity (Wildman–Crippen MR) is 65.0 cm³/mol. The van der Waals surface area contributed by atoms with Gasteiger partial charge in [-0.1, -0.05) is 32.6 Å². The van der Waals surface area contributed by atoms with Gasteiger partial charge in [-0.3, -0.25) is 4.55 Å². The van der Waals surface area contributed by atoms with Crippen molar-refractivity contribution in [3.63, 3.8) is 0 Å². The monoisotopic (exact) mass is 252 g/mol. The molecule has 0 spiro atoms. The summed E-state index contributed by atoms with van der Waals surface area (Å²) in [5, 5.41) is 8.78. The van der Waals surface area contributed by atoms with E-state index < -0.39 is 15.4 Å². The Labute approximate surface area is 98.8 Å². The van der Waals surface area contributed by atoms with Crippen molar-refractivity contribution >= 4 is 10.1 Å². The van der Waals surface area contributed by atoms with Crippen LogP contribution >= 0.6 is 0 Å². The average molecular weight is 252 g/mol. The van der Waals surface area contributed by atoms with E-state index in [0.717, 1.165) is 38.5 Å². The largest absolute Gasteiger partial charge is 0.393 e. The van der Waals surface area contributed by atoms with Crippen LogP contribution < -0.4 is 0 Å². The van der Waals surface area contributed by atoms with Crippen molar-refractivity contribution in [2.75, 3.05) is 0 Å². The zero-order valence-corrected chi connectivity index (χ0v) is 11.0. The number of hydrogen-bond acceptors (Lipinski definition) is 3. The van der Waals surface area contributed by atoms with Gasteiger partial charge in [0.2, 0.25) is 0 Å². The minimum absolute atomic E-state index is 0.219. The summed E-state index contributed by atoms with van der Waals surface area (Å²) in [5.74, 6) is 0. The molecule has 0 heterocycles. The highest BCUT2D eigenvalue weighted by molar-refractivity contribution is 7.86. The minimum atomic E-state index is -3.86. The first-order valence-corrected chi connectivity index (χ1v) is 7.52. The lowest BCUT2D eigenvalue weighted by molar-refractivity contribution is 0.150. The molecule has 0 saturated heterocycles. The van der Waals surface area contributed by atoms with Crippen molar-refractivity contribution in [2.24, 2.45) is 0 Å². The maximum Gasteiger partial charge on any atom is 0.267 e. The first kappa shape index (κ1) is 15.9. The maximum absolute atomic E-state index is 10.7. The lowest BCUT2D eigenvalue weighted by Crippen LogP contribution is -2.16. The average Bonchev–Trinajstić information content (AvgIpc) is 2.16. The van der Waals surface area contributed by atoms with Crippen molar-refractivity contribution < 1.29 is 18.1 Å². The highest BCUT2D eigenvalue weighted by atomic mass is 32.2. The Hall–Kier alpha value is -0.130. The van der Waals surface area contributed by atoms with Gasteiger partial charge in [0.15, 0.2) is 0 Å². The van der Waals surface area contributed by atoms with Crippen molar-refractivity contribution in [1.82, 2.24) is 0 Å². The van der Waals surface area contributed by atoms with Gasteiger partial charge in [0.05, 0.1) is 11.4 Å². The van der Waals surface area contributed by atoms with E-state index in [2.05, 4.69) is 0 Å². The van der Waals surface area contributed by atoms with Crippen molar-refractivity contribution in [3.8, 4) is 0 Å². The maximum atomic E-state index is 10.7. The summed E-state index contributed by atoms with van der Waals surface area (Å²) in [7, 11) is -3.86. The van der Waals surface area contributed by atoms with Gasteiger partial charge in [0.1, 0.15) is 0 Å². The van der Waals surface area contributed by atoms with Crippen LogP contribution in [0.1, 0.15) is 58.8 Å². The molecule has 0 aliphatic carbocycles. The standard InChI is InChI=1S/C11H24O4S/c1-3-7-11(12)9-6-4-5-8-10(2)16(13,14)15/h10-12H,3-9H2,1-2H3,(H,13,14,15). The molecule has 0 radical (unpaired) electrons. The molecule has 0 aromatic carbocycles. The Morgan fingerprint density at radius 3 is 2.12 bits per heavy atom. The van der Waals surface area contributed by atoms with Gasteiger partial charge in [-0.15, -0.1) is 0 Å². The predicted octanol–water partition coefficient (Wildman–Crippen LogP) is 2.37. The van der Waals surface area contributed by atoms with Crippen LogP contribution in [0.15, 0.2) is 0 Å². The molecule has 0 bridgehead atoms. The Bertz CT molecular complexity index is 261. The van der Waals surface area contributed by atoms with E-state index in [1.165, 1.54) is 6.92 Å². The normalized spacial score (nSPS) is 16.0. The second-order valence-electron chi connectivity index (χ2n) is 4.41. The minimum Gasteiger partial charge on any atom is -0.393 e. The Morgan fingerprint density at radius 1 is 1.06 bits per heavy atom. The van der Waals surface area contributed by atoms with E-state index >= 15 is 0 Å². The van der Waals surface area contributed by atoms with Crippen molar-refractivity contribution in [3.05, 3.63) is 0 Å². The number of aliphatic hydroxyl groups is 1. The molecular formula is C11H24O4S. The summed E-state index contributed by atoms with van der Waals surface area (Å²) in [4.78, 5) is 0. The van der Waals surface area contributed by atoms with E-state index in [-0.39, 0.29) is 6.10 Å². The van der Waals surface area contributed by atoms with Gasteiger partial charge in [-0.25, -0.2) is 0 Å². The van der Waals surface area contributed by atoms with E-state index in [1.807, 2.05) is 6.92 Å². The van der Waals surface area contributed by atoms with Gasteiger partial charge < -0.3 is 5.11 Å². The third-order valence-corrected chi connectivity index (χ3v) is 4.03. The van der Waals surface area contributed by atoms with Crippen LogP contribution in [0.4, 0.5) is 0 Å². The Kier molecular flexibility index (Phi) is 7.97. The first-order valence-electron chi connectivity index (χ1n) is 6.02. The molecule has 0 saturated carbocycles. The van der Waals surface area contributed by atoms with Crippen LogP contribution in [-0.2, 0) is 10.1 Å². The SMILES string of the molecule is CCCC(O)CCCCCC(C)S(=O)(=O)O. The Morgan fingerprint density at radius 2 is 1.62 bits per heavy atom. The molecule has 2 unspecified atom stereocenters. The second kappa shape index (κ2) is 8.03. The molecule has 0 rings (SSSR count). The Balaban J connectivity index is 3.47. The molecule has 98 valence electrons. The molecule has 2 N–H and O–H groups in total. The number of unbranched alkanes of at least 4 members (excludes halogenated alkanes) is 2. The fourth-order valence-corrected chi connectivity index (χ4v) is 2.08. The second-order valence-corrected chi connectivity index (χ2v) is 6.24. The molecule has 0 aliphatic heterocycles. The summed E-state index contributed by atoms with van der Waals surface area (Å²) in [6.45, 7) is 3.55. The zero-order chi connectivity index (χ0) is 12.6. The number of rotatable bonds is 9. The highest BCUT2D eigenvalue weighted by Crippen LogP contribution is 2.13. The van der Waals surface area contributed by atoms with E-state index in [9.17, 15) is 13.5 Å².